The van der Waals surface area contributed by atoms with Crippen LogP contribution < -0.4 is 5.32 Å². The van der Waals surface area contributed by atoms with Gasteiger partial charge >= 0.3 is 0 Å². The van der Waals surface area contributed by atoms with Gasteiger partial charge in [0.1, 0.15) is 5.69 Å². The standard InChI is InChI=1S/C20H24N4OS/c1-12(20-8-13-5-14(9-20)7-15(6-13)10-20)23-18(25)16-11-26-19(24-16)17-21-3-2-4-22-17/h2-4,11-15H,5-10H2,1H3,(H,23,25)/t12-,13?,14?,15?,20?/m0/s1. The van der Waals surface area contributed by atoms with Crippen LogP contribution in [0.1, 0.15) is 55.9 Å². The van der Waals surface area contributed by atoms with Gasteiger partial charge in [0.25, 0.3) is 5.91 Å². The summed E-state index contributed by atoms with van der Waals surface area (Å²) < 4.78 is 0. The van der Waals surface area contributed by atoms with Crippen molar-refractivity contribution in [2.45, 2.75) is 51.5 Å². The van der Waals surface area contributed by atoms with E-state index < -0.39 is 0 Å². The maximum absolute atomic E-state index is 12.8. The first-order chi connectivity index (χ1) is 12.6. The lowest BCUT2D eigenvalue weighted by molar-refractivity contribution is -0.0688. The van der Waals surface area contributed by atoms with Crippen LogP contribution >= 0.6 is 11.3 Å². The van der Waals surface area contributed by atoms with Gasteiger partial charge in [-0.15, -0.1) is 11.3 Å². The molecule has 6 heteroatoms. The highest BCUT2D eigenvalue weighted by Gasteiger charge is 2.53. The molecule has 4 bridgehead atoms. The lowest BCUT2D eigenvalue weighted by Crippen LogP contribution is -2.55. The SMILES string of the molecule is C[C@H](NC(=O)c1csc(-c2ncccn2)n1)C12CC3CC(CC(C3)C1)C2. The molecular weight excluding hydrogens is 344 g/mol. The number of aromatic nitrogens is 3. The highest BCUT2D eigenvalue weighted by atomic mass is 32.1. The van der Waals surface area contributed by atoms with E-state index in [-0.39, 0.29) is 11.9 Å². The van der Waals surface area contributed by atoms with Gasteiger partial charge in [0.15, 0.2) is 10.8 Å². The summed E-state index contributed by atoms with van der Waals surface area (Å²) in [6.07, 6.45) is 11.5. The van der Waals surface area contributed by atoms with E-state index in [1.165, 1.54) is 49.9 Å². The summed E-state index contributed by atoms with van der Waals surface area (Å²) in [5.41, 5.74) is 0.792. The van der Waals surface area contributed by atoms with Gasteiger partial charge < -0.3 is 5.32 Å². The Labute approximate surface area is 157 Å². The van der Waals surface area contributed by atoms with Crippen molar-refractivity contribution >= 4 is 17.2 Å². The molecule has 1 N–H and O–H groups in total. The van der Waals surface area contributed by atoms with Gasteiger partial charge in [-0.1, -0.05) is 0 Å². The molecule has 1 amide bonds. The molecule has 0 aromatic carbocycles. The molecule has 0 saturated heterocycles. The Morgan fingerprint density at radius 1 is 1.15 bits per heavy atom. The zero-order valence-corrected chi connectivity index (χ0v) is 15.8. The van der Waals surface area contributed by atoms with Crippen molar-refractivity contribution in [3.63, 3.8) is 0 Å². The van der Waals surface area contributed by atoms with Crippen molar-refractivity contribution in [1.29, 1.82) is 0 Å². The van der Waals surface area contributed by atoms with Gasteiger partial charge in [-0.05, 0) is 74.7 Å². The molecule has 26 heavy (non-hydrogen) atoms. The van der Waals surface area contributed by atoms with Crippen LogP contribution in [0.2, 0.25) is 0 Å². The summed E-state index contributed by atoms with van der Waals surface area (Å²) in [7, 11) is 0. The van der Waals surface area contributed by atoms with Crippen LogP contribution in [0.25, 0.3) is 10.8 Å². The maximum atomic E-state index is 12.8. The fourth-order valence-electron chi connectivity index (χ4n) is 6.02. The Hall–Kier alpha value is -1.82. The molecule has 0 unspecified atom stereocenters. The Balaban J connectivity index is 1.31. The number of thiazole rings is 1. The van der Waals surface area contributed by atoms with Crippen LogP contribution in [0.4, 0.5) is 0 Å². The molecule has 4 fully saturated rings. The van der Waals surface area contributed by atoms with Gasteiger partial charge in [0, 0.05) is 23.8 Å². The summed E-state index contributed by atoms with van der Waals surface area (Å²) >= 11 is 1.42. The van der Waals surface area contributed by atoms with Crippen molar-refractivity contribution in [2.75, 3.05) is 0 Å². The van der Waals surface area contributed by atoms with Crippen LogP contribution in [0, 0.1) is 23.2 Å². The van der Waals surface area contributed by atoms with E-state index in [1.807, 2.05) is 5.38 Å². The molecule has 2 heterocycles. The molecule has 4 aliphatic carbocycles. The third-order valence-electron chi connectivity index (χ3n) is 6.85. The maximum Gasteiger partial charge on any atom is 0.271 e. The predicted octanol–water partition coefficient (Wildman–Crippen LogP) is 3.93. The molecule has 5 nitrogen and oxygen atoms in total. The number of carbonyl (C=O) groups is 1. The monoisotopic (exact) mass is 368 g/mol. The lowest BCUT2D eigenvalue weighted by Gasteiger charge is -2.59. The van der Waals surface area contributed by atoms with Crippen molar-refractivity contribution < 1.29 is 4.79 Å². The predicted molar refractivity (Wildman–Crippen MR) is 101 cm³/mol. The molecule has 0 spiro atoms. The highest BCUT2D eigenvalue weighted by Crippen LogP contribution is 2.61. The number of nitrogens with zero attached hydrogens (tertiary/aromatic N) is 3. The summed E-state index contributed by atoms with van der Waals surface area (Å²) in [6.45, 7) is 2.21. The van der Waals surface area contributed by atoms with E-state index >= 15 is 0 Å². The third kappa shape index (κ3) is 2.75. The minimum Gasteiger partial charge on any atom is -0.348 e. The van der Waals surface area contributed by atoms with Gasteiger partial charge in [-0.2, -0.15) is 0 Å². The van der Waals surface area contributed by atoms with Crippen LogP contribution in [0.15, 0.2) is 23.8 Å². The normalized spacial score (nSPS) is 33.2. The van der Waals surface area contributed by atoms with Gasteiger partial charge in [0.05, 0.1) is 0 Å². The molecule has 0 radical (unpaired) electrons. The quantitative estimate of drug-likeness (QED) is 0.888. The number of carbonyl (C=O) groups excluding carboxylic acids is 1. The molecular formula is C20H24N4OS. The smallest absolute Gasteiger partial charge is 0.271 e. The van der Waals surface area contributed by atoms with Gasteiger partial charge in [-0.3, -0.25) is 4.79 Å². The fourth-order valence-corrected chi connectivity index (χ4v) is 6.77. The zero-order chi connectivity index (χ0) is 17.7. The minimum atomic E-state index is -0.0633. The Kier molecular flexibility index (Phi) is 3.85. The Morgan fingerprint density at radius 3 is 2.38 bits per heavy atom. The summed E-state index contributed by atoms with van der Waals surface area (Å²) in [5, 5.41) is 5.79. The largest absolute Gasteiger partial charge is 0.348 e. The topological polar surface area (TPSA) is 67.8 Å². The molecule has 6 rings (SSSR count). The highest BCUT2D eigenvalue weighted by molar-refractivity contribution is 7.13. The Morgan fingerprint density at radius 2 is 1.77 bits per heavy atom. The third-order valence-corrected chi connectivity index (χ3v) is 7.68. The summed E-state index contributed by atoms with van der Waals surface area (Å²) in [6, 6.07) is 1.99. The minimum absolute atomic E-state index is 0.0633. The van der Waals surface area contributed by atoms with E-state index in [2.05, 4.69) is 27.2 Å². The van der Waals surface area contributed by atoms with Gasteiger partial charge in [0.2, 0.25) is 0 Å². The number of hydrogen-bond acceptors (Lipinski definition) is 5. The molecule has 2 aromatic rings. The molecule has 0 aliphatic heterocycles. The van der Waals surface area contributed by atoms with Crippen molar-refractivity contribution in [3.8, 4) is 10.8 Å². The first-order valence-electron chi connectivity index (χ1n) is 9.65. The number of hydrogen-bond donors (Lipinski definition) is 1. The van der Waals surface area contributed by atoms with Crippen molar-refractivity contribution in [3.05, 3.63) is 29.5 Å². The van der Waals surface area contributed by atoms with Crippen LogP contribution in [-0.2, 0) is 0 Å². The van der Waals surface area contributed by atoms with Crippen molar-refractivity contribution in [1.82, 2.24) is 20.3 Å². The fraction of sp³-hybridized carbons (Fsp3) is 0.600. The lowest BCUT2D eigenvalue weighted by atomic mass is 9.48. The molecule has 4 saturated carbocycles. The molecule has 1 atom stereocenters. The van der Waals surface area contributed by atoms with Crippen molar-refractivity contribution in [2.24, 2.45) is 23.2 Å². The van der Waals surface area contributed by atoms with Gasteiger partial charge in [-0.25, -0.2) is 15.0 Å². The number of amides is 1. The average molecular weight is 369 g/mol. The second-order valence-corrected chi connectivity index (χ2v) is 9.44. The Bertz CT molecular complexity index is 783. The molecule has 4 aliphatic rings. The van der Waals surface area contributed by atoms with Crippen LogP contribution in [-0.4, -0.2) is 26.9 Å². The van der Waals surface area contributed by atoms with Crippen LogP contribution in [0.5, 0.6) is 0 Å². The van der Waals surface area contributed by atoms with E-state index in [1.54, 1.807) is 18.5 Å². The molecule has 2 aromatic heterocycles. The number of rotatable bonds is 4. The second kappa shape index (κ2) is 6.12. The summed E-state index contributed by atoms with van der Waals surface area (Å²) in [5.74, 6) is 3.18. The second-order valence-electron chi connectivity index (χ2n) is 8.59. The van der Waals surface area contributed by atoms with E-state index in [0.29, 0.717) is 21.9 Å². The van der Waals surface area contributed by atoms with Crippen LogP contribution in [0.3, 0.4) is 0 Å². The van der Waals surface area contributed by atoms with E-state index in [4.69, 9.17) is 0 Å². The first kappa shape index (κ1) is 16.4. The molecule has 136 valence electrons. The van der Waals surface area contributed by atoms with E-state index in [0.717, 1.165) is 17.8 Å². The average Bonchev–Trinajstić information content (AvgIpc) is 3.11. The first-order valence-corrected chi connectivity index (χ1v) is 10.5. The number of nitrogens with one attached hydrogen (secondary N) is 1. The zero-order valence-electron chi connectivity index (χ0n) is 15.0. The summed E-state index contributed by atoms with van der Waals surface area (Å²) in [4.78, 5) is 25.7. The van der Waals surface area contributed by atoms with E-state index in [9.17, 15) is 4.79 Å².